The second-order valence-electron chi connectivity index (χ2n) is 8.07. The van der Waals surface area contributed by atoms with Crippen LogP contribution >= 0.6 is 11.6 Å². The van der Waals surface area contributed by atoms with Crippen molar-refractivity contribution in [2.75, 3.05) is 0 Å². The molecule has 2 aromatic heterocycles. The predicted molar refractivity (Wildman–Crippen MR) is 127 cm³/mol. The van der Waals surface area contributed by atoms with Crippen molar-refractivity contribution < 1.29 is 4.42 Å². The van der Waals surface area contributed by atoms with Crippen LogP contribution in [0.4, 0.5) is 0 Å². The summed E-state index contributed by atoms with van der Waals surface area (Å²) in [4.78, 5) is 4.82. The zero-order valence-corrected chi connectivity index (χ0v) is 18.3. The lowest BCUT2D eigenvalue weighted by atomic mass is 9.94. The molecule has 0 saturated carbocycles. The van der Waals surface area contributed by atoms with E-state index in [2.05, 4.69) is 10.2 Å². The molecule has 0 unspecified atom stereocenters. The van der Waals surface area contributed by atoms with E-state index in [1.165, 1.54) is 0 Å². The molecule has 158 valence electrons. The van der Waals surface area contributed by atoms with Crippen LogP contribution in [0, 0.1) is 0 Å². The van der Waals surface area contributed by atoms with Crippen LogP contribution in [-0.2, 0) is 12.0 Å². The number of aromatic nitrogens is 3. The fraction of sp³-hybridized carbons (Fsp3) is 0.115. The summed E-state index contributed by atoms with van der Waals surface area (Å²) in [6.07, 6.45) is 0.586. The van der Waals surface area contributed by atoms with Crippen molar-refractivity contribution in [1.29, 1.82) is 0 Å². The number of pyridine rings is 1. The molecule has 2 heterocycles. The first-order chi connectivity index (χ1) is 15.5. The third-order valence-electron chi connectivity index (χ3n) is 5.41. The van der Waals surface area contributed by atoms with E-state index in [4.69, 9.17) is 26.7 Å². The van der Waals surface area contributed by atoms with Crippen LogP contribution < -0.4 is 5.73 Å². The first kappa shape index (κ1) is 20.4. The molecule has 0 amide bonds. The number of benzene rings is 3. The van der Waals surface area contributed by atoms with Crippen LogP contribution in [0.1, 0.15) is 18.4 Å². The lowest BCUT2D eigenvalue weighted by molar-refractivity contribution is 0.356. The SMILES string of the molecule is C[C@@](N)(Cc1ccccc1)c1nnc(-c2cc(-c3ccc(Cl)cc3)nc3ccccc23)o1. The second-order valence-corrected chi connectivity index (χ2v) is 8.51. The van der Waals surface area contributed by atoms with Gasteiger partial charge in [-0.2, -0.15) is 0 Å². The van der Waals surface area contributed by atoms with E-state index in [-0.39, 0.29) is 0 Å². The summed E-state index contributed by atoms with van der Waals surface area (Å²) in [6, 6.07) is 27.5. The summed E-state index contributed by atoms with van der Waals surface area (Å²) in [5, 5.41) is 10.3. The number of fused-ring (bicyclic) bond motifs is 1. The van der Waals surface area contributed by atoms with E-state index in [1.54, 1.807) is 0 Å². The average Bonchev–Trinajstić information content (AvgIpc) is 3.30. The molecule has 5 aromatic rings. The summed E-state index contributed by atoms with van der Waals surface area (Å²) < 4.78 is 6.13. The zero-order chi connectivity index (χ0) is 22.1. The maximum atomic E-state index is 6.59. The van der Waals surface area contributed by atoms with E-state index in [1.807, 2.05) is 91.9 Å². The Balaban J connectivity index is 1.57. The molecule has 0 fully saturated rings. The number of rotatable bonds is 5. The van der Waals surface area contributed by atoms with Gasteiger partial charge in [0.15, 0.2) is 0 Å². The average molecular weight is 441 g/mol. The number of hydrogen-bond donors (Lipinski definition) is 1. The van der Waals surface area contributed by atoms with Crippen molar-refractivity contribution in [3.05, 3.63) is 101 Å². The topological polar surface area (TPSA) is 77.8 Å². The molecular weight excluding hydrogens is 420 g/mol. The van der Waals surface area contributed by atoms with Crippen LogP contribution in [0.2, 0.25) is 5.02 Å². The third-order valence-corrected chi connectivity index (χ3v) is 5.67. The highest BCUT2D eigenvalue weighted by molar-refractivity contribution is 6.30. The van der Waals surface area contributed by atoms with Crippen molar-refractivity contribution in [3.63, 3.8) is 0 Å². The summed E-state index contributed by atoms with van der Waals surface area (Å²) >= 11 is 6.06. The van der Waals surface area contributed by atoms with E-state index >= 15 is 0 Å². The summed E-state index contributed by atoms with van der Waals surface area (Å²) in [6.45, 7) is 1.90. The number of para-hydroxylation sites is 1. The standard InChI is InChI=1S/C26H21ClN4O/c1-26(28,16-17-7-3-2-4-8-17)25-31-30-24(32-25)21-15-23(18-11-13-19(27)14-12-18)29-22-10-6-5-9-20(21)22/h2-15H,16,28H2,1H3/t26-/m1/s1. The molecule has 0 aliphatic heterocycles. The van der Waals surface area contributed by atoms with Crippen LogP contribution in [0.25, 0.3) is 33.6 Å². The number of hydrogen-bond acceptors (Lipinski definition) is 5. The fourth-order valence-electron chi connectivity index (χ4n) is 3.78. The molecule has 6 heteroatoms. The van der Waals surface area contributed by atoms with Gasteiger partial charge in [0, 0.05) is 16.0 Å². The minimum Gasteiger partial charge on any atom is -0.419 e. The lowest BCUT2D eigenvalue weighted by Crippen LogP contribution is -2.35. The highest BCUT2D eigenvalue weighted by Crippen LogP contribution is 2.33. The summed E-state index contributed by atoms with van der Waals surface area (Å²) in [5.41, 5.74) is 10.3. The number of nitrogens with zero attached hydrogens (tertiary/aromatic N) is 3. The van der Waals surface area contributed by atoms with Crippen molar-refractivity contribution >= 4 is 22.5 Å². The van der Waals surface area contributed by atoms with Crippen molar-refractivity contribution in [1.82, 2.24) is 15.2 Å². The van der Waals surface area contributed by atoms with E-state index in [9.17, 15) is 0 Å². The normalized spacial score (nSPS) is 13.2. The van der Waals surface area contributed by atoms with Crippen LogP contribution in [0.5, 0.6) is 0 Å². The largest absolute Gasteiger partial charge is 0.419 e. The minimum absolute atomic E-state index is 0.394. The van der Waals surface area contributed by atoms with Gasteiger partial charge in [0.1, 0.15) is 0 Å². The van der Waals surface area contributed by atoms with Crippen LogP contribution in [0.15, 0.2) is 89.3 Å². The van der Waals surface area contributed by atoms with Gasteiger partial charge in [0.05, 0.1) is 22.3 Å². The Morgan fingerprint density at radius 3 is 2.41 bits per heavy atom. The Hall–Kier alpha value is -3.54. The van der Waals surface area contributed by atoms with Gasteiger partial charge in [-0.25, -0.2) is 4.98 Å². The summed E-state index contributed by atoms with van der Waals surface area (Å²) in [7, 11) is 0. The Bertz CT molecular complexity index is 1380. The molecule has 0 saturated heterocycles. The Morgan fingerprint density at radius 1 is 0.906 bits per heavy atom. The molecule has 0 aliphatic carbocycles. The van der Waals surface area contributed by atoms with Gasteiger partial charge in [0.25, 0.3) is 0 Å². The van der Waals surface area contributed by atoms with E-state index in [0.29, 0.717) is 23.2 Å². The molecule has 0 radical (unpaired) electrons. The molecule has 0 spiro atoms. The molecule has 2 N–H and O–H groups in total. The monoisotopic (exact) mass is 440 g/mol. The Kier molecular flexibility index (Phi) is 5.21. The first-order valence-corrected chi connectivity index (χ1v) is 10.7. The first-order valence-electron chi connectivity index (χ1n) is 10.3. The lowest BCUT2D eigenvalue weighted by Gasteiger charge is -2.20. The predicted octanol–water partition coefficient (Wildman–Crippen LogP) is 6.02. The molecule has 32 heavy (non-hydrogen) atoms. The highest BCUT2D eigenvalue weighted by atomic mass is 35.5. The van der Waals surface area contributed by atoms with E-state index in [0.717, 1.165) is 33.3 Å². The quantitative estimate of drug-likeness (QED) is 0.361. The summed E-state index contributed by atoms with van der Waals surface area (Å²) in [5.74, 6) is 0.809. The third kappa shape index (κ3) is 4.00. The van der Waals surface area contributed by atoms with E-state index < -0.39 is 5.54 Å². The van der Waals surface area contributed by atoms with Gasteiger partial charge in [-0.3, -0.25) is 0 Å². The molecule has 0 aliphatic rings. The van der Waals surface area contributed by atoms with Crippen molar-refractivity contribution in [2.24, 2.45) is 5.73 Å². The van der Waals surface area contributed by atoms with Gasteiger partial charge < -0.3 is 10.2 Å². The minimum atomic E-state index is -0.797. The van der Waals surface area contributed by atoms with Crippen molar-refractivity contribution in [2.45, 2.75) is 18.9 Å². The fourth-order valence-corrected chi connectivity index (χ4v) is 3.91. The smallest absolute Gasteiger partial charge is 0.248 e. The maximum absolute atomic E-state index is 6.59. The zero-order valence-electron chi connectivity index (χ0n) is 17.5. The Labute approximate surface area is 190 Å². The molecule has 5 rings (SSSR count). The second kappa shape index (κ2) is 8.19. The van der Waals surface area contributed by atoms with Crippen LogP contribution in [-0.4, -0.2) is 15.2 Å². The van der Waals surface area contributed by atoms with Gasteiger partial charge in [-0.05, 0) is 43.2 Å². The Morgan fingerprint density at radius 2 is 1.62 bits per heavy atom. The maximum Gasteiger partial charge on any atom is 0.248 e. The van der Waals surface area contributed by atoms with Gasteiger partial charge in [0.2, 0.25) is 11.8 Å². The molecule has 0 bridgehead atoms. The molecule has 5 nitrogen and oxygen atoms in total. The molecule has 3 aromatic carbocycles. The molecule has 1 atom stereocenters. The number of nitrogens with two attached hydrogens (primary N) is 1. The van der Waals surface area contributed by atoms with Crippen LogP contribution in [0.3, 0.4) is 0 Å². The highest BCUT2D eigenvalue weighted by Gasteiger charge is 2.29. The van der Waals surface area contributed by atoms with Gasteiger partial charge >= 0.3 is 0 Å². The van der Waals surface area contributed by atoms with Crippen molar-refractivity contribution in [3.8, 4) is 22.7 Å². The number of halogens is 1. The molecular formula is C26H21ClN4O. The van der Waals surface area contributed by atoms with Gasteiger partial charge in [-0.1, -0.05) is 72.3 Å². The van der Waals surface area contributed by atoms with Gasteiger partial charge in [-0.15, -0.1) is 10.2 Å².